The summed E-state index contributed by atoms with van der Waals surface area (Å²) in [5.74, 6) is 0. The van der Waals surface area contributed by atoms with Crippen molar-refractivity contribution in [3.63, 3.8) is 0 Å². The van der Waals surface area contributed by atoms with Gasteiger partial charge in [0.2, 0.25) is 0 Å². The van der Waals surface area contributed by atoms with E-state index in [0.717, 1.165) is 0 Å². The molecule has 0 aliphatic rings. The van der Waals surface area contributed by atoms with Crippen molar-refractivity contribution >= 4 is 0 Å². The molecule has 0 radical (unpaired) electrons. The topological polar surface area (TPSA) is 218 Å². The molecule has 0 fully saturated rings. The van der Waals surface area contributed by atoms with Gasteiger partial charge in [0.05, 0.1) is 0 Å². The molecule has 0 atom stereocenters. The minimum absolute atomic E-state index is 0. The summed E-state index contributed by atoms with van der Waals surface area (Å²) in [6.07, 6.45) is 0. The summed E-state index contributed by atoms with van der Waals surface area (Å²) < 4.78 is 0. The SMILES string of the molecule is O.O.O.O.O.[Na+].[Na+].[OH-].[OH-].[U].[U]. The van der Waals surface area contributed by atoms with E-state index < -0.39 is 0 Å². The van der Waals surface area contributed by atoms with Gasteiger partial charge in [0.25, 0.3) is 0 Å². The molecule has 0 aliphatic carbocycles. The van der Waals surface area contributed by atoms with Crippen LogP contribution in [0.4, 0.5) is 0 Å². The fourth-order valence-electron chi connectivity index (χ4n) is 0. The molecule has 0 unspecified atom stereocenters. The molecule has 0 heterocycles. The summed E-state index contributed by atoms with van der Waals surface area (Å²) in [5, 5.41) is 0. The standard InChI is InChI=1S/2Na.7H2O.2U/h;;7*1H2;;/q2*+1;;;;;;;;;/p-2. The van der Waals surface area contributed by atoms with Crippen molar-refractivity contribution in [1.82, 2.24) is 0 Å². The van der Waals surface area contributed by atoms with Crippen molar-refractivity contribution in [2.45, 2.75) is 0 Å². The molecule has 11 heavy (non-hydrogen) atoms. The first kappa shape index (κ1) is 194. The molecule has 0 rings (SSSR count). The van der Waals surface area contributed by atoms with Crippen LogP contribution in [-0.2, 0) is 0 Å². The molecule has 0 spiro atoms. The van der Waals surface area contributed by atoms with Gasteiger partial charge in [-0.1, -0.05) is 0 Å². The Kier molecular flexibility index (Phi) is 2740. The zero-order valence-corrected chi connectivity index (χ0v) is 18.7. The van der Waals surface area contributed by atoms with Crippen LogP contribution in [0.1, 0.15) is 0 Å². The van der Waals surface area contributed by atoms with Crippen molar-refractivity contribution in [1.29, 1.82) is 0 Å². The minimum Gasteiger partial charge on any atom is -0.870 e. The first-order valence-corrected chi connectivity index (χ1v) is 0. The Balaban J connectivity index is 0. The molecule has 0 aromatic carbocycles. The third-order valence-electron chi connectivity index (χ3n) is 0. The third-order valence-corrected chi connectivity index (χ3v) is 0. The van der Waals surface area contributed by atoms with Gasteiger partial charge < -0.3 is 38.3 Å². The molecule has 0 bridgehead atoms. The van der Waals surface area contributed by atoms with Crippen molar-refractivity contribution in [3.05, 3.63) is 0 Å². The minimum atomic E-state index is 0. The van der Waals surface area contributed by atoms with E-state index in [4.69, 9.17) is 0 Å². The van der Waals surface area contributed by atoms with Crippen molar-refractivity contribution in [3.8, 4) is 0 Å². The smallest absolute Gasteiger partial charge is 0.870 e. The molecule has 64 valence electrons. The second-order valence-electron chi connectivity index (χ2n) is 0. The van der Waals surface area contributed by atoms with Crippen LogP contribution >= 0.6 is 0 Å². The van der Waals surface area contributed by atoms with E-state index in [2.05, 4.69) is 0 Å². The van der Waals surface area contributed by atoms with E-state index in [1.807, 2.05) is 0 Å². The average molecular weight is 646 g/mol. The molecule has 7 nitrogen and oxygen atoms in total. The number of hydrogen-bond donors (Lipinski definition) is 0. The van der Waals surface area contributed by atoms with Crippen LogP contribution in [0.2, 0.25) is 0 Å². The van der Waals surface area contributed by atoms with Crippen LogP contribution in [0.5, 0.6) is 0 Å². The van der Waals surface area contributed by atoms with Gasteiger partial charge in [-0.2, -0.15) is 0 Å². The maximum atomic E-state index is 0. The molecule has 0 amide bonds. The van der Waals surface area contributed by atoms with E-state index in [1.165, 1.54) is 0 Å². The molecule has 0 saturated carbocycles. The fraction of sp³-hybridized carbons (Fsp3) is 0. The molecule has 0 aromatic heterocycles. The summed E-state index contributed by atoms with van der Waals surface area (Å²) in [7, 11) is 0. The predicted molar refractivity (Wildman–Crippen MR) is 21.9 cm³/mol. The zero-order chi connectivity index (χ0) is 0. The van der Waals surface area contributed by atoms with Gasteiger partial charge in [0.15, 0.2) is 0 Å². The van der Waals surface area contributed by atoms with Crippen molar-refractivity contribution in [2.75, 3.05) is 0 Å². The van der Waals surface area contributed by atoms with Gasteiger partial charge in [-0.05, 0) is 0 Å². The normalized spacial score (nSPS) is 0. The fourth-order valence-corrected chi connectivity index (χ4v) is 0. The Bertz CT molecular complexity index is 14.4. The first-order valence-electron chi connectivity index (χ1n) is 0. The van der Waals surface area contributed by atoms with E-state index in [1.54, 1.807) is 0 Å². The molecule has 0 saturated heterocycles. The van der Waals surface area contributed by atoms with Crippen LogP contribution in [0.15, 0.2) is 0 Å². The van der Waals surface area contributed by atoms with Crippen LogP contribution < -0.4 is 59.1 Å². The van der Waals surface area contributed by atoms with Crippen molar-refractivity contribution < 1.29 is 160 Å². The van der Waals surface area contributed by atoms with Crippen LogP contribution in [-0.4, -0.2) is 38.3 Å². The Hall–Kier alpha value is 3.82. The second-order valence-corrected chi connectivity index (χ2v) is 0. The van der Waals surface area contributed by atoms with E-state index in [0.29, 0.717) is 0 Å². The maximum Gasteiger partial charge on any atom is 1.00 e. The Labute approximate surface area is 156 Å². The second kappa shape index (κ2) is 155. The van der Waals surface area contributed by atoms with Crippen LogP contribution in [0.25, 0.3) is 0 Å². The molecule has 12 N–H and O–H groups in total. The van der Waals surface area contributed by atoms with E-state index >= 15 is 0 Å². The predicted octanol–water partition coefficient (Wildman–Crippen LogP) is -10.5. The molecule has 0 aliphatic heterocycles. The van der Waals surface area contributed by atoms with Gasteiger partial charge in [0.1, 0.15) is 0 Å². The van der Waals surface area contributed by atoms with E-state index in [-0.39, 0.29) is 160 Å². The summed E-state index contributed by atoms with van der Waals surface area (Å²) in [6, 6.07) is 0. The van der Waals surface area contributed by atoms with Gasteiger partial charge >= 0.3 is 59.1 Å². The maximum absolute atomic E-state index is 0. The first-order chi connectivity index (χ1) is 0. The molecular weight excluding hydrogens is 634 g/mol. The largest absolute Gasteiger partial charge is 1.00 e. The van der Waals surface area contributed by atoms with Gasteiger partial charge in [-0.15, -0.1) is 0 Å². The Morgan fingerprint density at radius 1 is 0.364 bits per heavy atom. The monoisotopic (exact) mass is 646 g/mol. The summed E-state index contributed by atoms with van der Waals surface area (Å²) in [4.78, 5) is 0. The molecule has 0 aromatic rings. The summed E-state index contributed by atoms with van der Waals surface area (Å²) in [5.41, 5.74) is 0. The van der Waals surface area contributed by atoms with Gasteiger partial charge in [0, 0.05) is 62.2 Å². The van der Waals surface area contributed by atoms with Crippen LogP contribution in [0.3, 0.4) is 0 Å². The van der Waals surface area contributed by atoms with Crippen molar-refractivity contribution in [2.24, 2.45) is 0 Å². The Morgan fingerprint density at radius 3 is 0.364 bits per heavy atom. The quantitative estimate of drug-likeness (QED) is 0.234. The number of rotatable bonds is 0. The molecular formula is H12Na2O7U2. The third kappa shape index (κ3) is 132. The number of hydrogen-bond acceptors (Lipinski definition) is 2. The van der Waals surface area contributed by atoms with E-state index in [9.17, 15) is 0 Å². The average Bonchev–Trinajstić information content (AvgIpc) is 0. The van der Waals surface area contributed by atoms with Gasteiger partial charge in [-0.25, -0.2) is 0 Å². The Morgan fingerprint density at radius 2 is 0.364 bits per heavy atom. The molecule has 11 heteroatoms. The zero-order valence-electron chi connectivity index (χ0n) is 6.39. The van der Waals surface area contributed by atoms with Gasteiger partial charge in [-0.3, -0.25) is 0 Å². The summed E-state index contributed by atoms with van der Waals surface area (Å²) >= 11 is 0. The van der Waals surface area contributed by atoms with Crippen LogP contribution in [0, 0.1) is 62.2 Å². The summed E-state index contributed by atoms with van der Waals surface area (Å²) in [6.45, 7) is 0.